The Morgan fingerprint density at radius 3 is 2.54 bits per heavy atom. The minimum Gasteiger partial charge on any atom is -0.508 e. The second-order valence-electron chi connectivity index (χ2n) is 10.5. The zero-order valence-corrected chi connectivity index (χ0v) is 22.7. The van der Waals surface area contributed by atoms with E-state index < -0.39 is 17.7 Å². The van der Waals surface area contributed by atoms with Gasteiger partial charge in [0.1, 0.15) is 17.4 Å². The molecule has 194 valence electrons. The predicted octanol–water partition coefficient (Wildman–Crippen LogP) is 4.96. The van der Waals surface area contributed by atoms with Crippen molar-refractivity contribution in [1.29, 1.82) is 0 Å². The highest BCUT2D eigenvalue weighted by Gasteiger charge is 2.38. The van der Waals surface area contributed by atoms with Crippen molar-refractivity contribution in [3.8, 4) is 5.75 Å². The summed E-state index contributed by atoms with van der Waals surface area (Å²) >= 11 is 7.28. The number of hydrogen-bond donors (Lipinski definition) is 3. The molecule has 0 aromatic heterocycles. The first-order chi connectivity index (χ1) is 16.6. The number of amides is 2. The molecular weight excluding hydrogens is 482 g/mol. The third kappa shape index (κ3) is 8.86. The minimum absolute atomic E-state index is 0.191. The summed E-state index contributed by atoms with van der Waals surface area (Å²) in [4.78, 5) is 28.1. The van der Waals surface area contributed by atoms with E-state index in [2.05, 4.69) is 10.6 Å². The summed E-state index contributed by atoms with van der Waals surface area (Å²) in [7, 11) is 0. The molecule has 3 rings (SSSR count). The Balaban J connectivity index is 1.63. The third-order valence-corrected chi connectivity index (χ3v) is 7.88. The lowest BCUT2D eigenvalue weighted by Crippen LogP contribution is -2.54. The number of carbonyl (C=O) groups excluding carboxylic acids is 2. The molecule has 1 saturated carbocycles. The second kappa shape index (κ2) is 12.8. The van der Waals surface area contributed by atoms with Gasteiger partial charge in [0.05, 0.1) is 16.9 Å². The molecule has 2 aliphatic rings. The van der Waals surface area contributed by atoms with Crippen molar-refractivity contribution in [1.82, 2.24) is 15.5 Å². The van der Waals surface area contributed by atoms with Crippen LogP contribution in [-0.2, 0) is 16.1 Å². The Morgan fingerprint density at radius 2 is 1.89 bits per heavy atom. The van der Waals surface area contributed by atoms with Crippen molar-refractivity contribution in [2.24, 2.45) is 5.92 Å². The van der Waals surface area contributed by atoms with Crippen LogP contribution in [0.1, 0.15) is 71.3 Å². The van der Waals surface area contributed by atoms with E-state index in [1.807, 2.05) is 32.9 Å². The van der Waals surface area contributed by atoms with Crippen LogP contribution in [0.2, 0.25) is 0 Å². The number of carbonyl (C=O) groups is 2. The van der Waals surface area contributed by atoms with Crippen LogP contribution in [0.4, 0.5) is 4.79 Å². The topological polar surface area (TPSA) is 90.9 Å². The van der Waals surface area contributed by atoms with Crippen LogP contribution < -0.4 is 10.6 Å². The maximum Gasteiger partial charge on any atom is 0.411 e. The van der Waals surface area contributed by atoms with Crippen LogP contribution in [0.15, 0.2) is 24.3 Å². The average molecular weight is 522 g/mol. The average Bonchev–Trinajstić information content (AvgIpc) is 3.31. The van der Waals surface area contributed by atoms with Gasteiger partial charge in [-0.3, -0.25) is 9.69 Å². The number of hydrogen-bond acceptors (Lipinski definition) is 6. The first-order valence-corrected chi connectivity index (χ1v) is 14.1. The smallest absolute Gasteiger partial charge is 0.411 e. The molecular formula is C26H39N3O4S2. The fourth-order valence-corrected chi connectivity index (χ4v) is 5.89. The molecule has 1 saturated heterocycles. The van der Waals surface area contributed by atoms with Gasteiger partial charge in [-0.05, 0) is 57.2 Å². The first-order valence-electron chi connectivity index (χ1n) is 12.6. The molecule has 2 atom stereocenters. The molecule has 3 N–H and O–H groups in total. The van der Waals surface area contributed by atoms with Crippen LogP contribution in [-0.4, -0.2) is 56.3 Å². The number of phenolic OH excluding ortho intramolecular Hbond substituents is 1. The van der Waals surface area contributed by atoms with Crippen molar-refractivity contribution in [2.45, 2.75) is 89.9 Å². The molecule has 7 nitrogen and oxygen atoms in total. The number of thioether (sulfide) groups is 1. The molecule has 35 heavy (non-hydrogen) atoms. The number of nitrogens with one attached hydrogen (secondary N) is 2. The van der Waals surface area contributed by atoms with Crippen LogP contribution in [0.25, 0.3) is 0 Å². The highest BCUT2D eigenvalue weighted by molar-refractivity contribution is 7.99. The summed E-state index contributed by atoms with van der Waals surface area (Å²) in [5, 5.41) is 15.9. The Hall–Kier alpha value is -2.00. The van der Waals surface area contributed by atoms with Crippen LogP contribution >= 0.6 is 24.0 Å². The van der Waals surface area contributed by atoms with Gasteiger partial charge in [-0.1, -0.05) is 56.5 Å². The number of nitrogens with zero attached hydrogens (tertiary/aromatic N) is 1. The van der Waals surface area contributed by atoms with Crippen molar-refractivity contribution in [3.63, 3.8) is 0 Å². The van der Waals surface area contributed by atoms with Crippen molar-refractivity contribution >= 4 is 41.0 Å². The van der Waals surface area contributed by atoms with Gasteiger partial charge in [0.2, 0.25) is 5.91 Å². The predicted molar refractivity (Wildman–Crippen MR) is 144 cm³/mol. The van der Waals surface area contributed by atoms with E-state index >= 15 is 0 Å². The lowest BCUT2D eigenvalue weighted by molar-refractivity contribution is -0.125. The van der Waals surface area contributed by atoms with Gasteiger partial charge < -0.3 is 20.5 Å². The van der Waals surface area contributed by atoms with E-state index in [0.29, 0.717) is 29.1 Å². The molecule has 1 aliphatic heterocycles. The molecule has 2 fully saturated rings. The molecule has 0 radical (unpaired) electrons. The maximum atomic E-state index is 13.3. The van der Waals surface area contributed by atoms with Gasteiger partial charge in [0.15, 0.2) is 0 Å². The zero-order valence-electron chi connectivity index (χ0n) is 21.0. The van der Waals surface area contributed by atoms with Gasteiger partial charge >= 0.3 is 6.09 Å². The number of aromatic hydroxyl groups is 1. The highest BCUT2D eigenvalue weighted by Crippen LogP contribution is 2.28. The molecule has 1 heterocycles. The normalized spacial score (nSPS) is 19.7. The van der Waals surface area contributed by atoms with Crippen molar-refractivity contribution < 1.29 is 19.4 Å². The quantitative estimate of drug-likeness (QED) is 0.416. The molecule has 1 aliphatic carbocycles. The number of ether oxygens (including phenoxy) is 1. The van der Waals surface area contributed by atoms with Gasteiger partial charge in [-0.2, -0.15) is 0 Å². The van der Waals surface area contributed by atoms with Gasteiger partial charge in [0.25, 0.3) is 0 Å². The maximum absolute atomic E-state index is 13.3. The second-order valence-corrected chi connectivity index (χ2v) is 11.9. The van der Waals surface area contributed by atoms with E-state index in [-0.39, 0.29) is 17.7 Å². The van der Waals surface area contributed by atoms with E-state index in [1.54, 1.807) is 23.9 Å². The largest absolute Gasteiger partial charge is 0.508 e. The van der Waals surface area contributed by atoms with Crippen molar-refractivity contribution in [2.75, 3.05) is 11.6 Å². The van der Waals surface area contributed by atoms with E-state index in [0.717, 1.165) is 18.4 Å². The molecule has 0 spiro atoms. The Bertz CT molecular complexity index is 866. The first kappa shape index (κ1) is 27.6. The standard InChI is InChI=1S/C26H39N3O4S2/c1-26(2,3)33-25(32)29-17-35-16-22(29)23(31)28-21(14-11-18-7-5-4-6-8-18)24(34)27-15-19-9-12-20(30)13-10-19/h9-10,12-13,18,21-22,30H,4-8,11,14-17H2,1-3H3,(H,27,34)(H,28,31)/t21-,22+/m1/s1. The number of thiocarbonyl (C=S) groups is 1. The summed E-state index contributed by atoms with van der Waals surface area (Å²) in [6.07, 6.45) is 7.65. The number of phenols is 1. The third-order valence-electron chi connectivity index (χ3n) is 6.44. The summed E-state index contributed by atoms with van der Waals surface area (Å²) in [5.41, 5.74) is 0.374. The molecule has 0 bridgehead atoms. The van der Waals surface area contributed by atoms with Gasteiger partial charge in [-0.15, -0.1) is 11.8 Å². The Morgan fingerprint density at radius 1 is 1.20 bits per heavy atom. The fourth-order valence-electron chi connectivity index (χ4n) is 4.50. The lowest BCUT2D eigenvalue weighted by atomic mass is 9.85. The van der Waals surface area contributed by atoms with E-state index in [4.69, 9.17) is 17.0 Å². The fraction of sp³-hybridized carbons (Fsp3) is 0.654. The Kier molecular flexibility index (Phi) is 10.1. The minimum atomic E-state index is -0.617. The molecule has 1 aromatic carbocycles. The molecule has 2 amide bonds. The summed E-state index contributed by atoms with van der Waals surface area (Å²) in [5.74, 6) is 1.67. The monoisotopic (exact) mass is 521 g/mol. The summed E-state index contributed by atoms with van der Waals surface area (Å²) < 4.78 is 5.51. The van der Waals surface area contributed by atoms with Crippen LogP contribution in [0.3, 0.4) is 0 Å². The SMILES string of the molecule is CC(C)(C)OC(=O)N1CSC[C@H]1C(=O)N[C@H](CCC1CCCCC1)C(=S)NCc1ccc(O)cc1. The summed E-state index contributed by atoms with van der Waals surface area (Å²) in [6, 6.07) is 6.09. The lowest BCUT2D eigenvalue weighted by Gasteiger charge is -2.30. The van der Waals surface area contributed by atoms with Crippen LogP contribution in [0, 0.1) is 5.92 Å². The Labute approximate surface area is 218 Å². The number of benzene rings is 1. The zero-order chi connectivity index (χ0) is 25.4. The van der Waals surface area contributed by atoms with Crippen molar-refractivity contribution in [3.05, 3.63) is 29.8 Å². The molecule has 0 unspecified atom stereocenters. The molecule has 1 aromatic rings. The van der Waals surface area contributed by atoms with Gasteiger partial charge in [0, 0.05) is 12.3 Å². The van der Waals surface area contributed by atoms with E-state index in [9.17, 15) is 14.7 Å². The van der Waals surface area contributed by atoms with Crippen LogP contribution in [0.5, 0.6) is 5.75 Å². The summed E-state index contributed by atoms with van der Waals surface area (Å²) in [6.45, 7) is 5.98. The molecule has 9 heteroatoms. The van der Waals surface area contributed by atoms with E-state index in [1.165, 1.54) is 37.0 Å². The number of rotatable bonds is 8. The highest BCUT2D eigenvalue weighted by atomic mass is 32.2. The van der Waals surface area contributed by atoms with Gasteiger partial charge in [-0.25, -0.2) is 4.79 Å².